The lowest BCUT2D eigenvalue weighted by molar-refractivity contribution is -0.136. The lowest BCUT2D eigenvalue weighted by Crippen LogP contribution is -2.48. The Labute approximate surface area is 219 Å². The fraction of sp³-hybridized carbons (Fsp3) is 0.481. The highest BCUT2D eigenvalue weighted by Gasteiger charge is 2.53. The number of carbonyl (C=O) groups excluding carboxylic acids is 4. The van der Waals surface area contributed by atoms with E-state index in [1.807, 2.05) is 0 Å². The van der Waals surface area contributed by atoms with Gasteiger partial charge < -0.3 is 25.0 Å². The summed E-state index contributed by atoms with van der Waals surface area (Å²) in [5.41, 5.74) is 0.962. The van der Waals surface area contributed by atoms with E-state index in [2.05, 4.69) is 10.6 Å². The maximum atomic E-state index is 13.6. The Morgan fingerprint density at radius 1 is 1.18 bits per heavy atom. The number of fused-ring (bicyclic) bond motifs is 1. The normalized spacial score (nSPS) is 25.0. The SMILES string of the molecule is CNC(=O)NC1C=CC2=C(CC[C@]23CN(CC(=O)N(Cc2ccc(F)cc2)C2CCOCC2)C(=O)O3)C1=O. The zero-order chi connectivity index (χ0) is 26.9. The third-order valence-electron chi connectivity index (χ3n) is 7.68. The van der Waals surface area contributed by atoms with Crippen LogP contribution in [-0.4, -0.2) is 84.7 Å². The predicted molar refractivity (Wildman–Crippen MR) is 133 cm³/mol. The van der Waals surface area contributed by atoms with Crippen LogP contribution in [0.3, 0.4) is 0 Å². The molecule has 1 spiro atoms. The molecular weight excluding hydrogens is 495 g/mol. The number of benzene rings is 1. The van der Waals surface area contributed by atoms with E-state index in [0.717, 1.165) is 5.56 Å². The minimum atomic E-state index is -1.00. The molecule has 1 unspecified atom stereocenters. The zero-order valence-corrected chi connectivity index (χ0v) is 21.2. The minimum Gasteiger partial charge on any atom is -0.436 e. The number of carbonyl (C=O) groups is 4. The summed E-state index contributed by atoms with van der Waals surface area (Å²) in [5, 5.41) is 5.03. The van der Waals surface area contributed by atoms with E-state index in [9.17, 15) is 23.6 Å². The van der Waals surface area contributed by atoms with Crippen molar-refractivity contribution >= 4 is 23.8 Å². The number of nitrogens with zero attached hydrogens (tertiary/aromatic N) is 2. The van der Waals surface area contributed by atoms with E-state index < -0.39 is 23.8 Å². The van der Waals surface area contributed by atoms with Gasteiger partial charge in [0.2, 0.25) is 5.91 Å². The van der Waals surface area contributed by atoms with Gasteiger partial charge in [-0.25, -0.2) is 14.0 Å². The topological polar surface area (TPSA) is 117 Å². The van der Waals surface area contributed by atoms with Crippen molar-refractivity contribution in [1.29, 1.82) is 0 Å². The molecule has 2 N–H and O–H groups in total. The maximum absolute atomic E-state index is 13.6. The summed E-state index contributed by atoms with van der Waals surface area (Å²) in [6.45, 7) is 1.36. The lowest BCUT2D eigenvalue weighted by Gasteiger charge is -2.35. The van der Waals surface area contributed by atoms with Gasteiger partial charge in [-0.1, -0.05) is 24.3 Å². The molecule has 1 aromatic rings. The summed E-state index contributed by atoms with van der Waals surface area (Å²) in [5.74, 6) is -0.801. The molecule has 0 aromatic heterocycles. The molecule has 202 valence electrons. The lowest BCUT2D eigenvalue weighted by atomic mass is 9.89. The monoisotopic (exact) mass is 526 g/mol. The third kappa shape index (κ3) is 5.02. The van der Waals surface area contributed by atoms with Crippen LogP contribution in [0, 0.1) is 5.82 Å². The molecule has 38 heavy (non-hydrogen) atoms. The summed E-state index contributed by atoms with van der Waals surface area (Å²) >= 11 is 0. The molecule has 4 amide bonds. The number of hydrogen-bond donors (Lipinski definition) is 2. The Morgan fingerprint density at radius 2 is 1.92 bits per heavy atom. The highest BCUT2D eigenvalue weighted by Crippen LogP contribution is 2.45. The Balaban J connectivity index is 1.30. The summed E-state index contributed by atoms with van der Waals surface area (Å²) < 4.78 is 24.7. The van der Waals surface area contributed by atoms with Gasteiger partial charge in [0.1, 0.15) is 18.4 Å². The number of hydrogen-bond acceptors (Lipinski definition) is 6. The molecule has 2 atom stereocenters. The van der Waals surface area contributed by atoms with Crippen LogP contribution >= 0.6 is 0 Å². The van der Waals surface area contributed by atoms with Gasteiger partial charge in [-0.05, 0) is 43.4 Å². The van der Waals surface area contributed by atoms with Crippen LogP contribution in [0.4, 0.5) is 14.0 Å². The Kier molecular flexibility index (Phi) is 7.20. The number of ether oxygens (including phenoxy) is 2. The Morgan fingerprint density at radius 3 is 2.63 bits per heavy atom. The molecule has 0 radical (unpaired) electrons. The van der Waals surface area contributed by atoms with Crippen molar-refractivity contribution in [3.8, 4) is 0 Å². The van der Waals surface area contributed by atoms with Crippen molar-refractivity contribution < 1.29 is 33.0 Å². The minimum absolute atomic E-state index is 0.0571. The molecule has 1 aromatic carbocycles. The van der Waals surface area contributed by atoms with Crippen LogP contribution in [-0.2, 0) is 25.6 Å². The van der Waals surface area contributed by atoms with Crippen molar-refractivity contribution in [2.24, 2.45) is 0 Å². The van der Waals surface area contributed by atoms with E-state index in [1.54, 1.807) is 29.2 Å². The summed E-state index contributed by atoms with van der Waals surface area (Å²) in [7, 11) is 1.47. The van der Waals surface area contributed by atoms with Gasteiger partial charge in [0.25, 0.3) is 0 Å². The Hall–Kier alpha value is -3.73. The fourth-order valence-corrected chi connectivity index (χ4v) is 5.66. The van der Waals surface area contributed by atoms with Gasteiger partial charge in [-0.2, -0.15) is 0 Å². The number of rotatable bonds is 6. The highest BCUT2D eigenvalue weighted by molar-refractivity contribution is 6.05. The number of ketones is 1. The number of Topliss-reactive ketones (excluding diaryl/α,β-unsaturated/α-hetero) is 1. The molecule has 4 aliphatic rings. The van der Waals surface area contributed by atoms with Crippen molar-refractivity contribution in [2.45, 2.75) is 49.9 Å². The molecule has 2 heterocycles. The number of amides is 4. The molecule has 5 rings (SSSR count). The first-order valence-electron chi connectivity index (χ1n) is 12.8. The Bertz CT molecular complexity index is 1190. The molecule has 2 aliphatic heterocycles. The molecule has 0 bridgehead atoms. The highest BCUT2D eigenvalue weighted by atomic mass is 19.1. The van der Waals surface area contributed by atoms with E-state index in [-0.39, 0.29) is 36.6 Å². The smallest absolute Gasteiger partial charge is 0.411 e. The largest absolute Gasteiger partial charge is 0.436 e. The van der Waals surface area contributed by atoms with Crippen LogP contribution in [0.2, 0.25) is 0 Å². The second-order valence-corrected chi connectivity index (χ2v) is 10.0. The number of urea groups is 1. The first kappa shape index (κ1) is 25.9. The van der Waals surface area contributed by atoms with E-state index >= 15 is 0 Å². The molecule has 2 aliphatic carbocycles. The van der Waals surface area contributed by atoms with Crippen molar-refractivity contribution in [1.82, 2.24) is 20.4 Å². The fourth-order valence-electron chi connectivity index (χ4n) is 5.66. The average Bonchev–Trinajstić information content (AvgIpc) is 3.44. The first-order valence-corrected chi connectivity index (χ1v) is 12.8. The van der Waals surface area contributed by atoms with E-state index in [1.165, 1.54) is 24.1 Å². The summed E-state index contributed by atoms with van der Waals surface area (Å²) in [6.07, 6.45) is 4.93. The number of nitrogens with one attached hydrogen (secondary N) is 2. The van der Waals surface area contributed by atoms with Crippen LogP contribution in [0.1, 0.15) is 31.2 Å². The quantitative estimate of drug-likeness (QED) is 0.586. The van der Waals surface area contributed by atoms with Crippen molar-refractivity contribution in [3.05, 3.63) is 58.9 Å². The zero-order valence-electron chi connectivity index (χ0n) is 21.2. The molecule has 10 nitrogen and oxygen atoms in total. The maximum Gasteiger partial charge on any atom is 0.411 e. The molecule has 11 heteroatoms. The van der Waals surface area contributed by atoms with E-state index in [0.29, 0.717) is 56.6 Å². The van der Waals surface area contributed by atoms with E-state index in [4.69, 9.17) is 9.47 Å². The predicted octanol–water partition coefficient (Wildman–Crippen LogP) is 2.05. The van der Waals surface area contributed by atoms with Gasteiger partial charge in [0, 0.05) is 44.0 Å². The molecular formula is C27H31FN4O6. The molecule has 2 fully saturated rings. The van der Waals surface area contributed by atoms with Crippen molar-refractivity contribution in [3.63, 3.8) is 0 Å². The molecule has 2 saturated heterocycles. The second-order valence-electron chi connectivity index (χ2n) is 10.0. The van der Waals surface area contributed by atoms with Gasteiger partial charge >= 0.3 is 12.1 Å². The van der Waals surface area contributed by atoms with Gasteiger partial charge in [0.15, 0.2) is 11.4 Å². The van der Waals surface area contributed by atoms with Crippen LogP contribution in [0.15, 0.2) is 47.6 Å². The summed E-state index contributed by atoms with van der Waals surface area (Å²) in [4.78, 5) is 54.3. The number of halogens is 1. The van der Waals surface area contributed by atoms with Gasteiger partial charge in [-0.15, -0.1) is 0 Å². The third-order valence-corrected chi connectivity index (χ3v) is 7.68. The van der Waals surface area contributed by atoms with Gasteiger partial charge in [-0.3, -0.25) is 14.5 Å². The standard InChI is InChI=1S/C27H31FN4O6/c1-29-25(35)30-22-7-6-21-20(24(22)34)8-11-27(21)16-31(26(36)38-27)15-23(33)32(19-9-12-37-13-10-19)14-17-2-4-18(28)5-3-17/h2-7,19,22H,8-16H2,1H3,(H2,29,30,35)/t22?,27-/m0/s1. The average molecular weight is 527 g/mol. The van der Waals surface area contributed by atoms with Crippen LogP contribution < -0.4 is 10.6 Å². The second kappa shape index (κ2) is 10.6. The van der Waals surface area contributed by atoms with Crippen molar-refractivity contribution in [2.75, 3.05) is 33.4 Å². The van der Waals surface area contributed by atoms with Crippen LogP contribution in [0.25, 0.3) is 0 Å². The van der Waals surface area contributed by atoms with Crippen LogP contribution in [0.5, 0.6) is 0 Å². The summed E-state index contributed by atoms with van der Waals surface area (Å²) in [6, 6.07) is 4.73. The van der Waals surface area contributed by atoms with Gasteiger partial charge in [0.05, 0.1) is 6.54 Å². The first-order chi connectivity index (χ1) is 18.3. The molecule has 0 saturated carbocycles.